The number of halogens is 3. The van der Waals surface area contributed by atoms with Crippen molar-refractivity contribution in [2.45, 2.75) is 19.0 Å². The molecule has 3 N–H and O–H groups in total. The van der Waals surface area contributed by atoms with Crippen molar-refractivity contribution in [3.8, 4) is 11.1 Å². The van der Waals surface area contributed by atoms with Crippen LogP contribution in [0, 0.1) is 0 Å². The van der Waals surface area contributed by atoms with Crippen LogP contribution in [-0.4, -0.2) is 53.6 Å². The third-order valence-corrected chi connectivity index (χ3v) is 6.11. The van der Waals surface area contributed by atoms with Gasteiger partial charge in [0.25, 0.3) is 0 Å². The summed E-state index contributed by atoms with van der Waals surface area (Å²) >= 11 is 1.27. The summed E-state index contributed by atoms with van der Waals surface area (Å²) in [4.78, 5) is 22.6. The number of nitrogens with two attached hydrogens (primary N) is 1. The van der Waals surface area contributed by atoms with E-state index in [1.165, 1.54) is 17.5 Å². The Morgan fingerprint density at radius 2 is 2.00 bits per heavy atom. The highest BCUT2D eigenvalue weighted by atomic mass is 32.1. The van der Waals surface area contributed by atoms with Crippen LogP contribution in [0.25, 0.3) is 21.3 Å². The molecular formula is C21H22F3N5O2S. The van der Waals surface area contributed by atoms with E-state index in [-0.39, 0.29) is 5.91 Å². The zero-order valence-corrected chi connectivity index (χ0v) is 17.9. The Kier molecular flexibility index (Phi) is 6.58. The smallest absolute Gasteiger partial charge is 0.383 e. The zero-order valence-electron chi connectivity index (χ0n) is 17.1. The number of rotatable bonds is 6. The van der Waals surface area contributed by atoms with E-state index in [0.717, 1.165) is 50.0 Å². The topological polar surface area (TPSA) is 93.4 Å². The summed E-state index contributed by atoms with van der Waals surface area (Å²) in [6, 6.07) is 6.10. The molecule has 1 aromatic carbocycles. The van der Waals surface area contributed by atoms with Crippen LogP contribution in [0.5, 0.6) is 0 Å². The number of carbonyl (C=O) groups excluding carboxylic acids is 1. The average Bonchev–Trinajstić information content (AvgIpc) is 3.15. The second-order valence-corrected chi connectivity index (χ2v) is 8.49. The Labute approximate surface area is 186 Å². The third kappa shape index (κ3) is 5.34. The predicted octanol–water partition coefficient (Wildman–Crippen LogP) is 4.01. The fourth-order valence-corrected chi connectivity index (χ4v) is 4.41. The van der Waals surface area contributed by atoms with Crippen molar-refractivity contribution in [1.29, 1.82) is 0 Å². The first-order valence-electron chi connectivity index (χ1n) is 10.1. The second kappa shape index (κ2) is 9.39. The van der Waals surface area contributed by atoms with Gasteiger partial charge in [0.2, 0.25) is 5.91 Å². The molecule has 170 valence electrons. The lowest BCUT2D eigenvalue weighted by molar-refractivity contribution is -0.137. The number of aromatic nitrogens is 2. The van der Waals surface area contributed by atoms with E-state index in [2.05, 4.69) is 20.2 Å². The van der Waals surface area contributed by atoms with Gasteiger partial charge in [-0.15, -0.1) is 0 Å². The maximum absolute atomic E-state index is 13.1. The first-order chi connectivity index (χ1) is 15.3. The molecule has 1 saturated heterocycles. The number of ether oxygens (including phenoxy) is 1. The molecule has 1 fully saturated rings. The third-order valence-electron chi connectivity index (χ3n) is 5.17. The SMILES string of the molecule is Nc1ncc(-c2ccc3nc(NC(=O)CCCN4CCOCC4)sc3c2)cc1C(F)(F)F. The lowest BCUT2D eigenvalue weighted by Gasteiger charge is -2.26. The van der Waals surface area contributed by atoms with Gasteiger partial charge in [0.1, 0.15) is 5.82 Å². The monoisotopic (exact) mass is 465 g/mol. The van der Waals surface area contributed by atoms with E-state index in [4.69, 9.17) is 10.5 Å². The molecule has 4 rings (SSSR count). The van der Waals surface area contributed by atoms with Crippen molar-refractivity contribution in [2.24, 2.45) is 0 Å². The molecule has 2 aromatic heterocycles. The molecular weight excluding hydrogens is 443 g/mol. The van der Waals surface area contributed by atoms with Gasteiger partial charge in [-0.05, 0) is 36.7 Å². The number of hydrogen-bond donors (Lipinski definition) is 2. The van der Waals surface area contributed by atoms with Crippen molar-refractivity contribution in [2.75, 3.05) is 43.9 Å². The molecule has 0 radical (unpaired) electrons. The summed E-state index contributed by atoms with van der Waals surface area (Å²) in [6.45, 7) is 4.06. The van der Waals surface area contributed by atoms with Crippen LogP contribution in [0.3, 0.4) is 0 Å². The van der Waals surface area contributed by atoms with E-state index in [9.17, 15) is 18.0 Å². The van der Waals surface area contributed by atoms with Crippen LogP contribution in [0.2, 0.25) is 0 Å². The van der Waals surface area contributed by atoms with Crippen LogP contribution in [-0.2, 0) is 15.7 Å². The fraction of sp³-hybridized carbons (Fsp3) is 0.381. The highest BCUT2D eigenvalue weighted by Gasteiger charge is 2.34. The highest BCUT2D eigenvalue weighted by Crippen LogP contribution is 2.36. The molecule has 11 heteroatoms. The van der Waals surface area contributed by atoms with Gasteiger partial charge >= 0.3 is 6.18 Å². The number of fused-ring (bicyclic) bond motifs is 1. The molecule has 0 spiro atoms. The van der Waals surface area contributed by atoms with Gasteiger partial charge in [-0.2, -0.15) is 13.2 Å². The highest BCUT2D eigenvalue weighted by molar-refractivity contribution is 7.22. The number of thiazole rings is 1. The number of nitrogens with zero attached hydrogens (tertiary/aromatic N) is 3. The van der Waals surface area contributed by atoms with Gasteiger partial charge in [0.05, 0.1) is 29.0 Å². The number of amides is 1. The summed E-state index contributed by atoms with van der Waals surface area (Å²) in [5.74, 6) is -0.672. The number of benzene rings is 1. The van der Waals surface area contributed by atoms with E-state index >= 15 is 0 Å². The molecule has 1 amide bonds. The minimum absolute atomic E-state index is 0.116. The lowest BCUT2D eigenvalue weighted by Crippen LogP contribution is -2.37. The Morgan fingerprint density at radius 1 is 1.22 bits per heavy atom. The fourth-order valence-electron chi connectivity index (χ4n) is 3.49. The van der Waals surface area contributed by atoms with Gasteiger partial charge < -0.3 is 15.8 Å². The van der Waals surface area contributed by atoms with Crippen molar-refractivity contribution in [3.05, 3.63) is 36.0 Å². The molecule has 0 saturated carbocycles. The molecule has 3 heterocycles. The Balaban J connectivity index is 1.42. The van der Waals surface area contributed by atoms with E-state index < -0.39 is 17.6 Å². The number of hydrogen-bond acceptors (Lipinski definition) is 7. The Bertz CT molecular complexity index is 1110. The number of alkyl halides is 3. The van der Waals surface area contributed by atoms with Crippen molar-refractivity contribution < 1.29 is 22.7 Å². The summed E-state index contributed by atoms with van der Waals surface area (Å²) in [7, 11) is 0. The largest absolute Gasteiger partial charge is 0.419 e. The lowest BCUT2D eigenvalue weighted by atomic mass is 10.1. The normalized spacial score (nSPS) is 15.2. The van der Waals surface area contributed by atoms with Crippen LogP contribution < -0.4 is 11.1 Å². The minimum Gasteiger partial charge on any atom is -0.383 e. The minimum atomic E-state index is -4.58. The van der Waals surface area contributed by atoms with Crippen molar-refractivity contribution in [1.82, 2.24) is 14.9 Å². The molecule has 0 unspecified atom stereocenters. The van der Waals surface area contributed by atoms with Gasteiger partial charge in [0, 0.05) is 31.3 Å². The Morgan fingerprint density at radius 3 is 2.75 bits per heavy atom. The number of pyridine rings is 1. The molecule has 0 atom stereocenters. The molecule has 3 aromatic rings. The predicted molar refractivity (Wildman–Crippen MR) is 117 cm³/mol. The summed E-state index contributed by atoms with van der Waals surface area (Å²) in [5.41, 5.74) is 5.93. The maximum Gasteiger partial charge on any atom is 0.419 e. The number of nitrogens with one attached hydrogen (secondary N) is 1. The zero-order chi connectivity index (χ0) is 22.7. The van der Waals surface area contributed by atoms with E-state index in [1.807, 2.05) is 0 Å². The molecule has 1 aliphatic heterocycles. The number of carbonyl (C=O) groups is 1. The molecule has 32 heavy (non-hydrogen) atoms. The van der Waals surface area contributed by atoms with Crippen LogP contribution in [0.1, 0.15) is 18.4 Å². The molecule has 1 aliphatic rings. The summed E-state index contributed by atoms with van der Waals surface area (Å²) in [6.07, 6.45) is -2.15. The standard InChI is InChI=1S/C21H22F3N5O2S/c22-21(23,24)15-10-14(12-26-19(15)25)13-3-4-16-17(11-13)32-20(27-16)28-18(30)2-1-5-29-6-8-31-9-7-29/h3-4,10-12H,1-2,5-9H2,(H2,25,26)(H,27,28,30). The van der Waals surface area contributed by atoms with E-state index in [0.29, 0.717) is 28.2 Å². The van der Waals surface area contributed by atoms with Crippen LogP contribution in [0.4, 0.5) is 24.1 Å². The quantitative estimate of drug-likeness (QED) is 0.572. The number of nitrogen functional groups attached to an aromatic ring is 1. The second-order valence-electron chi connectivity index (χ2n) is 7.46. The molecule has 0 bridgehead atoms. The first kappa shape index (κ1) is 22.4. The first-order valence-corrected chi connectivity index (χ1v) is 10.9. The maximum atomic E-state index is 13.1. The van der Waals surface area contributed by atoms with Gasteiger partial charge in [-0.3, -0.25) is 9.69 Å². The number of anilines is 2. The average molecular weight is 466 g/mol. The Hall–Kier alpha value is -2.76. The molecule has 0 aliphatic carbocycles. The van der Waals surface area contributed by atoms with Crippen molar-refractivity contribution in [3.63, 3.8) is 0 Å². The van der Waals surface area contributed by atoms with Gasteiger partial charge in [0.15, 0.2) is 5.13 Å². The summed E-state index contributed by atoms with van der Waals surface area (Å²) < 4.78 is 45.5. The van der Waals surface area contributed by atoms with Gasteiger partial charge in [-0.1, -0.05) is 17.4 Å². The number of morpholine rings is 1. The molecule has 7 nitrogen and oxygen atoms in total. The summed E-state index contributed by atoms with van der Waals surface area (Å²) in [5, 5.41) is 3.27. The van der Waals surface area contributed by atoms with Crippen LogP contribution >= 0.6 is 11.3 Å². The van der Waals surface area contributed by atoms with Crippen LogP contribution in [0.15, 0.2) is 30.5 Å². The van der Waals surface area contributed by atoms with E-state index in [1.54, 1.807) is 18.2 Å². The van der Waals surface area contributed by atoms with Gasteiger partial charge in [-0.25, -0.2) is 9.97 Å². The van der Waals surface area contributed by atoms with Crippen molar-refractivity contribution >= 4 is 38.4 Å².